The van der Waals surface area contributed by atoms with E-state index in [4.69, 9.17) is 0 Å². The molecular weight excluding hydrogens is 176 g/mol. The van der Waals surface area contributed by atoms with Crippen LogP contribution in [0.3, 0.4) is 0 Å². The number of nitrogens with zero attached hydrogens (tertiary/aromatic N) is 1. The minimum absolute atomic E-state index is 0.147. The summed E-state index contributed by atoms with van der Waals surface area (Å²) in [5, 5.41) is 3.37. The predicted molar refractivity (Wildman–Crippen MR) is 44.5 cm³/mol. The van der Waals surface area contributed by atoms with E-state index in [2.05, 4.69) is 10.1 Å². The van der Waals surface area contributed by atoms with Crippen LogP contribution in [0.4, 0.5) is 0 Å². The molecule has 0 aromatic carbocycles. The molecule has 1 rings (SSSR count). The summed E-state index contributed by atoms with van der Waals surface area (Å²) in [6, 6.07) is 0. The molecule has 0 saturated carbocycles. The minimum atomic E-state index is -0.592. The highest BCUT2D eigenvalue weighted by Gasteiger charge is 1.94. The number of hydrogen-bond donors (Lipinski definition) is 3. The van der Waals surface area contributed by atoms with Crippen LogP contribution in [0.1, 0.15) is 5.56 Å². The lowest BCUT2D eigenvalue weighted by Crippen LogP contribution is -2.24. The molecule has 0 atom stereocenters. The maximum atomic E-state index is 11.0. The Morgan fingerprint density at radius 2 is 2.23 bits per heavy atom. The zero-order chi connectivity index (χ0) is 9.68. The standard InChI is InChI=1S/C6H6N4O3/c11-3-9-8-2-4-1-7-6(13)10-5(4)12/h1-3H,(H,9,11)(H2,7,10,12,13). The molecule has 7 nitrogen and oxygen atoms in total. The van der Waals surface area contributed by atoms with Crippen LogP contribution in [0.25, 0.3) is 0 Å². The fourth-order valence-electron chi connectivity index (χ4n) is 0.653. The summed E-state index contributed by atoms with van der Waals surface area (Å²) in [5.41, 5.74) is 0.968. The second-order valence-corrected chi connectivity index (χ2v) is 2.03. The van der Waals surface area contributed by atoms with E-state index in [1.807, 2.05) is 10.4 Å². The van der Waals surface area contributed by atoms with Crippen LogP contribution in [-0.2, 0) is 4.79 Å². The van der Waals surface area contributed by atoms with Gasteiger partial charge in [0.15, 0.2) is 0 Å². The SMILES string of the molecule is O=CNN=Cc1c[nH]c(=O)[nH]c1=O. The predicted octanol–water partition coefficient (Wildman–Crippen LogP) is -1.86. The van der Waals surface area contributed by atoms with E-state index < -0.39 is 11.2 Å². The Hall–Kier alpha value is -2.18. The summed E-state index contributed by atoms with van der Waals surface area (Å²) in [6.45, 7) is 0. The summed E-state index contributed by atoms with van der Waals surface area (Å²) >= 11 is 0. The Labute approximate surface area is 71.5 Å². The van der Waals surface area contributed by atoms with Crippen molar-refractivity contribution in [2.45, 2.75) is 0 Å². The third-order valence-corrected chi connectivity index (χ3v) is 1.18. The largest absolute Gasteiger partial charge is 0.325 e. The van der Waals surface area contributed by atoms with Gasteiger partial charge in [0.2, 0.25) is 6.41 Å². The molecule has 0 aliphatic heterocycles. The summed E-state index contributed by atoms with van der Waals surface area (Å²) in [6.07, 6.45) is 2.66. The number of H-pyrrole nitrogens is 2. The molecule has 0 unspecified atom stereocenters. The van der Waals surface area contributed by atoms with Gasteiger partial charge < -0.3 is 4.98 Å². The smallest absolute Gasteiger partial charge is 0.313 e. The maximum absolute atomic E-state index is 11.0. The van der Waals surface area contributed by atoms with E-state index in [0.717, 1.165) is 6.21 Å². The third kappa shape index (κ3) is 2.40. The van der Waals surface area contributed by atoms with Crippen LogP contribution in [0.2, 0.25) is 0 Å². The molecule has 0 radical (unpaired) electrons. The van der Waals surface area contributed by atoms with E-state index in [0.29, 0.717) is 6.41 Å². The average Bonchev–Trinajstić information content (AvgIpc) is 2.09. The van der Waals surface area contributed by atoms with E-state index >= 15 is 0 Å². The summed E-state index contributed by atoms with van der Waals surface area (Å²) in [7, 11) is 0. The first-order valence-electron chi connectivity index (χ1n) is 3.28. The molecule has 0 saturated heterocycles. The lowest BCUT2D eigenvalue weighted by atomic mass is 10.4. The van der Waals surface area contributed by atoms with Crippen molar-refractivity contribution in [2.24, 2.45) is 5.10 Å². The molecule has 0 fully saturated rings. The molecule has 1 aromatic heterocycles. The van der Waals surface area contributed by atoms with E-state index in [1.54, 1.807) is 0 Å². The topological polar surface area (TPSA) is 107 Å². The molecule has 1 aromatic rings. The van der Waals surface area contributed by atoms with Crippen molar-refractivity contribution >= 4 is 12.6 Å². The second kappa shape index (κ2) is 4.00. The van der Waals surface area contributed by atoms with Crippen LogP contribution in [0, 0.1) is 0 Å². The van der Waals surface area contributed by atoms with Gasteiger partial charge >= 0.3 is 5.69 Å². The van der Waals surface area contributed by atoms with Gasteiger partial charge in [0.05, 0.1) is 11.8 Å². The molecule has 0 spiro atoms. The Bertz CT molecular complexity index is 430. The van der Waals surface area contributed by atoms with Gasteiger partial charge in [0.25, 0.3) is 5.56 Å². The highest BCUT2D eigenvalue weighted by Crippen LogP contribution is 1.75. The molecule has 0 bridgehead atoms. The Kier molecular flexibility index (Phi) is 2.74. The maximum Gasteiger partial charge on any atom is 0.325 e. The van der Waals surface area contributed by atoms with Crippen molar-refractivity contribution < 1.29 is 4.79 Å². The van der Waals surface area contributed by atoms with Gasteiger partial charge in [-0.15, -0.1) is 0 Å². The van der Waals surface area contributed by atoms with Gasteiger partial charge in [0, 0.05) is 6.20 Å². The zero-order valence-electron chi connectivity index (χ0n) is 6.40. The first kappa shape index (κ1) is 8.91. The molecule has 68 valence electrons. The normalized spacial score (nSPS) is 10.2. The van der Waals surface area contributed by atoms with Crippen LogP contribution in [0.5, 0.6) is 0 Å². The molecule has 13 heavy (non-hydrogen) atoms. The fourth-order valence-corrected chi connectivity index (χ4v) is 0.653. The van der Waals surface area contributed by atoms with Crippen LogP contribution in [0.15, 0.2) is 20.9 Å². The van der Waals surface area contributed by atoms with Crippen LogP contribution in [-0.4, -0.2) is 22.6 Å². The number of aromatic nitrogens is 2. The number of amides is 1. The highest BCUT2D eigenvalue weighted by atomic mass is 16.2. The van der Waals surface area contributed by atoms with Crippen molar-refractivity contribution in [1.82, 2.24) is 15.4 Å². The molecule has 3 N–H and O–H groups in total. The van der Waals surface area contributed by atoms with Crippen molar-refractivity contribution in [3.8, 4) is 0 Å². The molecule has 0 aliphatic rings. The zero-order valence-corrected chi connectivity index (χ0v) is 6.40. The van der Waals surface area contributed by atoms with Gasteiger partial charge in [0.1, 0.15) is 0 Å². The van der Waals surface area contributed by atoms with E-state index in [9.17, 15) is 14.4 Å². The van der Waals surface area contributed by atoms with Gasteiger partial charge in [-0.3, -0.25) is 14.6 Å². The van der Waals surface area contributed by atoms with Gasteiger partial charge in [-0.05, 0) is 0 Å². The van der Waals surface area contributed by atoms with E-state index in [-0.39, 0.29) is 5.56 Å². The first-order chi connectivity index (χ1) is 6.24. The van der Waals surface area contributed by atoms with Crippen molar-refractivity contribution in [3.63, 3.8) is 0 Å². The van der Waals surface area contributed by atoms with Gasteiger partial charge in [-0.1, -0.05) is 0 Å². The minimum Gasteiger partial charge on any atom is -0.313 e. The monoisotopic (exact) mass is 182 g/mol. The van der Waals surface area contributed by atoms with Crippen LogP contribution >= 0.6 is 0 Å². The summed E-state index contributed by atoms with van der Waals surface area (Å²) < 4.78 is 0. The Morgan fingerprint density at radius 1 is 1.46 bits per heavy atom. The first-order valence-corrected chi connectivity index (χ1v) is 3.28. The molecule has 1 amide bonds. The number of hydrazone groups is 1. The average molecular weight is 182 g/mol. The second-order valence-electron chi connectivity index (χ2n) is 2.03. The number of hydrogen-bond acceptors (Lipinski definition) is 4. The van der Waals surface area contributed by atoms with Gasteiger partial charge in [-0.25, -0.2) is 10.2 Å². The number of rotatable bonds is 3. The Morgan fingerprint density at radius 3 is 2.85 bits per heavy atom. The molecular formula is C6H6N4O3. The number of aromatic amines is 2. The summed E-state index contributed by atoms with van der Waals surface area (Å²) in [4.78, 5) is 35.5. The van der Waals surface area contributed by atoms with Crippen molar-refractivity contribution in [3.05, 3.63) is 32.6 Å². The lowest BCUT2D eigenvalue weighted by molar-refractivity contribution is -0.109. The third-order valence-electron chi connectivity index (χ3n) is 1.18. The van der Waals surface area contributed by atoms with Crippen LogP contribution < -0.4 is 16.7 Å². The lowest BCUT2D eigenvalue weighted by Gasteiger charge is -1.88. The highest BCUT2D eigenvalue weighted by molar-refractivity contribution is 5.78. The fraction of sp³-hybridized carbons (Fsp3) is 0. The number of carbonyl (C=O) groups excluding carboxylic acids is 1. The van der Waals surface area contributed by atoms with Gasteiger partial charge in [-0.2, -0.15) is 5.10 Å². The number of nitrogens with one attached hydrogen (secondary N) is 3. The molecule has 0 aliphatic carbocycles. The molecule has 7 heteroatoms. The van der Waals surface area contributed by atoms with Crippen molar-refractivity contribution in [2.75, 3.05) is 0 Å². The molecule has 1 heterocycles. The quantitative estimate of drug-likeness (QED) is 0.290. The number of carbonyl (C=O) groups is 1. The van der Waals surface area contributed by atoms with Crippen molar-refractivity contribution in [1.29, 1.82) is 0 Å². The Balaban J connectivity index is 2.96. The summed E-state index contributed by atoms with van der Waals surface area (Å²) in [5.74, 6) is 0. The van der Waals surface area contributed by atoms with E-state index in [1.165, 1.54) is 6.20 Å².